The van der Waals surface area contributed by atoms with Crippen molar-refractivity contribution in [1.29, 1.82) is 0 Å². The summed E-state index contributed by atoms with van der Waals surface area (Å²) in [6.45, 7) is 7.30. The lowest BCUT2D eigenvalue weighted by Gasteiger charge is -2.35. The third kappa shape index (κ3) is 4.72. The molecule has 1 N–H and O–H groups in total. The van der Waals surface area contributed by atoms with Crippen LogP contribution >= 0.6 is 0 Å². The molecule has 2 aromatic heterocycles. The van der Waals surface area contributed by atoms with Crippen LogP contribution in [0.3, 0.4) is 0 Å². The van der Waals surface area contributed by atoms with Crippen LogP contribution in [0.1, 0.15) is 35.3 Å². The Hall–Kier alpha value is -3.10. The number of benzene rings is 1. The molecule has 1 saturated heterocycles. The molecule has 3 aromatic rings. The van der Waals surface area contributed by atoms with Gasteiger partial charge in [-0.3, -0.25) is 9.69 Å². The van der Waals surface area contributed by atoms with Crippen molar-refractivity contribution in [3.05, 3.63) is 71.9 Å². The second-order valence-electron chi connectivity index (χ2n) is 7.62. The fourth-order valence-electron chi connectivity index (χ4n) is 3.88. The number of pyridine rings is 1. The average Bonchev–Trinajstić information content (AvgIpc) is 3.27. The lowest BCUT2D eigenvalue weighted by atomic mass is 10.1. The molecular formula is C22H26N6O2. The molecule has 8 nitrogen and oxygen atoms in total. The predicted molar refractivity (Wildman–Crippen MR) is 112 cm³/mol. The average molecular weight is 406 g/mol. The molecule has 0 radical (unpaired) electrons. The zero-order valence-corrected chi connectivity index (χ0v) is 17.2. The third-order valence-corrected chi connectivity index (χ3v) is 5.11. The van der Waals surface area contributed by atoms with Crippen LogP contribution in [0.15, 0.2) is 55.2 Å². The zero-order valence-electron chi connectivity index (χ0n) is 17.2. The summed E-state index contributed by atoms with van der Waals surface area (Å²) in [5.41, 5.74) is 2.77. The lowest BCUT2D eigenvalue weighted by Crippen LogP contribution is -2.45. The second kappa shape index (κ2) is 9.15. The van der Waals surface area contributed by atoms with Gasteiger partial charge in [-0.25, -0.2) is 14.6 Å². The maximum Gasteiger partial charge on any atom is 0.255 e. The molecule has 8 heteroatoms. The summed E-state index contributed by atoms with van der Waals surface area (Å²) in [6, 6.07) is 11.7. The van der Waals surface area contributed by atoms with Crippen LogP contribution in [-0.4, -0.2) is 55.9 Å². The molecule has 0 saturated carbocycles. The van der Waals surface area contributed by atoms with Gasteiger partial charge in [0.25, 0.3) is 5.91 Å². The zero-order chi connectivity index (χ0) is 20.9. The van der Waals surface area contributed by atoms with E-state index in [1.807, 2.05) is 12.1 Å². The largest absolute Gasteiger partial charge is 0.373 e. The summed E-state index contributed by atoms with van der Waals surface area (Å²) in [5.74, 6) is 0.258. The molecule has 0 aliphatic carbocycles. The summed E-state index contributed by atoms with van der Waals surface area (Å²) in [6.07, 6.45) is 5.02. The summed E-state index contributed by atoms with van der Waals surface area (Å²) in [7, 11) is 0. The number of nitrogens with zero attached hydrogens (tertiary/aromatic N) is 5. The van der Waals surface area contributed by atoms with Gasteiger partial charge in [0.1, 0.15) is 12.7 Å². The van der Waals surface area contributed by atoms with Crippen molar-refractivity contribution < 1.29 is 9.53 Å². The molecule has 30 heavy (non-hydrogen) atoms. The first-order chi connectivity index (χ1) is 14.6. The Balaban J connectivity index is 1.46. The van der Waals surface area contributed by atoms with Gasteiger partial charge in [-0.05, 0) is 37.1 Å². The number of nitrogens with one attached hydrogen (secondary N) is 1. The van der Waals surface area contributed by atoms with E-state index in [9.17, 15) is 4.79 Å². The van der Waals surface area contributed by atoms with Crippen LogP contribution in [0.2, 0.25) is 0 Å². The van der Waals surface area contributed by atoms with Gasteiger partial charge in [-0.2, -0.15) is 5.10 Å². The molecule has 1 fully saturated rings. The van der Waals surface area contributed by atoms with Gasteiger partial charge >= 0.3 is 0 Å². The first-order valence-electron chi connectivity index (χ1n) is 10.1. The summed E-state index contributed by atoms with van der Waals surface area (Å²) in [4.78, 5) is 23.5. The number of carbonyl (C=O) groups excluding carboxylic acids is 1. The van der Waals surface area contributed by atoms with Gasteiger partial charge in [0.05, 0.1) is 17.8 Å². The fourth-order valence-corrected chi connectivity index (χ4v) is 3.88. The predicted octanol–water partition coefficient (Wildman–Crippen LogP) is 2.20. The summed E-state index contributed by atoms with van der Waals surface area (Å²) in [5, 5.41) is 7.12. The van der Waals surface area contributed by atoms with Gasteiger partial charge < -0.3 is 10.1 Å². The molecule has 4 rings (SSSR count). The van der Waals surface area contributed by atoms with Crippen molar-refractivity contribution in [3.8, 4) is 5.82 Å². The highest BCUT2D eigenvalue weighted by Crippen LogP contribution is 2.17. The van der Waals surface area contributed by atoms with E-state index in [2.05, 4.69) is 51.3 Å². The number of ether oxygens (including phenoxy) is 1. The third-order valence-electron chi connectivity index (χ3n) is 5.11. The second-order valence-corrected chi connectivity index (χ2v) is 7.62. The molecule has 0 bridgehead atoms. The molecule has 1 aromatic carbocycles. The van der Waals surface area contributed by atoms with Gasteiger partial charge in [-0.15, -0.1) is 0 Å². The molecule has 156 valence electrons. The van der Waals surface area contributed by atoms with Crippen LogP contribution in [0.4, 0.5) is 0 Å². The first-order valence-corrected chi connectivity index (χ1v) is 10.1. The minimum absolute atomic E-state index is 0.197. The van der Waals surface area contributed by atoms with E-state index < -0.39 is 0 Å². The maximum atomic E-state index is 12.9. The lowest BCUT2D eigenvalue weighted by molar-refractivity contribution is -0.0705. The summed E-state index contributed by atoms with van der Waals surface area (Å²) < 4.78 is 7.33. The van der Waals surface area contributed by atoms with Crippen molar-refractivity contribution in [3.63, 3.8) is 0 Å². The number of carbonyl (C=O) groups is 1. The summed E-state index contributed by atoms with van der Waals surface area (Å²) >= 11 is 0. The Bertz CT molecular complexity index is 981. The van der Waals surface area contributed by atoms with Crippen molar-refractivity contribution >= 4 is 5.91 Å². The first kappa shape index (κ1) is 20.2. The molecule has 3 heterocycles. The van der Waals surface area contributed by atoms with Crippen LogP contribution < -0.4 is 5.32 Å². The molecule has 2 unspecified atom stereocenters. The van der Waals surface area contributed by atoms with Crippen molar-refractivity contribution in [1.82, 2.24) is 30.0 Å². The molecule has 2 atom stereocenters. The highest BCUT2D eigenvalue weighted by atomic mass is 16.5. The standard InChI is InChI=1S/C22H26N6O2/c1-16-11-27(12-17(2)30-16)13-19-7-4-3-6-18(19)10-25-22(29)20-8-5-9-24-21(20)28-15-23-14-26-28/h3-9,14-17H,10-13H2,1-2H3,(H,25,29). The SMILES string of the molecule is CC1CN(Cc2ccccc2CNC(=O)c2cccnc2-n2cncn2)CC(C)O1. The van der Waals surface area contributed by atoms with E-state index >= 15 is 0 Å². The van der Waals surface area contributed by atoms with Gasteiger partial charge in [0, 0.05) is 32.4 Å². The van der Waals surface area contributed by atoms with Crippen LogP contribution in [0, 0.1) is 0 Å². The Labute approximate surface area is 175 Å². The smallest absolute Gasteiger partial charge is 0.255 e. The van der Waals surface area contributed by atoms with Crippen molar-refractivity contribution in [2.45, 2.75) is 39.1 Å². The monoisotopic (exact) mass is 406 g/mol. The molecule has 1 amide bonds. The molecule has 1 aliphatic rings. The van der Waals surface area contributed by atoms with E-state index in [1.165, 1.54) is 22.9 Å². The van der Waals surface area contributed by atoms with E-state index in [0.717, 1.165) is 25.2 Å². The van der Waals surface area contributed by atoms with Gasteiger partial charge in [0.2, 0.25) is 0 Å². The highest BCUT2D eigenvalue weighted by Gasteiger charge is 2.23. The van der Waals surface area contributed by atoms with Crippen molar-refractivity contribution in [2.75, 3.05) is 13.1 Å². The normalized spacial score (nSPS) is 19.5. The number of amides is 1. The van der Waals surface area contributed by atoms with Crippen molar-refractivity contribution in [2.24, 2.45) is 0 Å². The van der Waals surface area contributed by atoms with Crippen LogP contribution in [0.5, 0.6) is 0 Å². The Kier molecular flexibility index (Phi) is 6.15. The van der Waals surface area contributed by atoms with E-state index in [1.54, 1.807) is 18.3 Å². The Morgan fingerprint density at radius 3 is 2.63 bits per heavy atom. The minimum Gasteiger partial charge on any atom is -0.373 e. The van der Waals surface area contributed by atoms with Gasteiger partial charge in [0.15, 0.2) is 5.82 Å². The quantitative estimate of drug-likeness (QED) is 0.676. The number of hydrogen-bond donors (Lipinski definition) is 1. The van der Waals surface area contributed by atoms with Crippen LogP contribution in [-0.2, 0) is 17.8 Å². The number of hydrogen-bond acceptors (Lipinski definition) is 6. The Morgan fingerprint density at radius 1 is 1.13 bits per heavy atom. The minimum atomic E-state index is -0.197. The maximum absolute atomic E-state index is 12.9. The Morgan fingerprint density at radius 2 is 1.90 bits per heavy atom. The van der Waals surface area contributed by atoms with Gasteiger partial charge in [-0.1, -0.05) is 24.3 Å². The number of morpholine rings is 1. The fraction of sp³-hybridized carbons (Fsp3) is 0.364. The van der Waals surface area contributed by atoms with E-state index in [0.29, 0.717) is 17.9 Å². The van der Waals surface area contributed by atoms with E-state index in [-0.39, 0.29) is 18.1 Å². The molecule has 0 spiro atoms. The highest BCUT2D eigenvalue weighted by molar-refractivity contribution is 5.97. The van der Waals surface area contributed by atoms with Crippen LogP contribution in [0.25, 0.3) is 5.82 Å². The topological polar surface area (TPSA) is 85.2 Å². The number of rotatable bonds is 6. The number of aromatic nitrogens is 4. The van der Waals surface area contributed by atoms with E-state index in [4.69, 9.17) is 4.74 Å². The molecular weight excluding hydrogens is 380 g/mol. The molecule has 1 aliphatic heterocycles.